The molecule has 0 saturated carbocycles. The second kappa shape index (κ2) is 11.0. The second-order valence-electron chi connectivity index (χ2n) is 7.95. The first kappa shape index (κ1) is 23.5. The van der Waals surface area contributed by atoms with Crippen molar-refractivity contribution in [3.63, 3.8) is 0 Å². The van der Waals surface area contributed by atoms with E-state index in [0.29, 0.717) is 36.1 Å². The molecule has 0 unspecified atom stereocenters. The van der Waals surface area contributed by atoms with Crippen LogP contribution in [0.25, 0.3) is 10.8 Å². The van der Waals surface area contributed by atoms with Gasteiger partial charge in [-0.25, -0.2) is 4.39 Å². The van der Waals surface area contributed by atoms with E-state index in [4.69, 9.17) is 11.6 Å². The number of nitrogens with one attached hydrogen (secondary N) is 1. The zero-order valence-corrected chi connectivity index (χ0v) is 19.7. The molecule has 5 nitrogen and oxygen atoms in total. The summed E-state index contributed by atoms with van der Waals surface area (Å²) >= 11 is 7.91. The number of fused-ring (bicyclic) bond motifs is 1. The van der Waals surface area contributed by atoms with Crippen molar-refractivity contribution in [3.05, 3.63) is 71.5 Å². The van der Waals surface area contributed by atoms with Gasteiger partial charge in [0.15, 0.2) is 0 Å². The quantitative estimate of drug-likeness (QED) is 0.505. The van der Waals surface area contributed by atoms with Gasteiger partial charge in [0.25, 0.3) is 0 Å². The van der Waals surface area contributed by atoms with E-state index < -0.39 is 0 Å². The molecule has 8 heteroatoms. The van der Waals surface area contributed by atoms with Gasteiger partial charge in [-0.15, -0.1) is 11.8 Å². The van der Waals surface area contributed by atoms with E-state index in [1.807, 2.05) is 46.2 Å². The summed E-state index contributed by atoms with van der Waals surface area (Å²) in [5.74, 6) is -0.0616. The zero-order chi connectivity index (χ0) is 23.2. The minimum Gasteiger partial charge on any atom is -0.341 e. The Hall–Kier alpha value is -2.61. The van der Waals surface area contributed by atoms with Crippen LogP contribution in [0.3, 0.4) is 0 Å². The van der Waals surface area contributed by atoms with Gasteiger partial charge in [-0.2, -0.15) is 0 Å². The average Bonchev–Trinajstić information content (AvgIpc) is 3.04. The van der Waals surface area contributed by atoms with Gasteiger partial charge < -0.3 is 10.2 Å². The summed E-state index contributed by atoms with van der Waals surface area (Å²) in [6, 6.07) is 17.5. The number of benzene rings is 3. The molecule has 1 aliphatic heterocycles. The number of anilines is 1. The zero-order valence-electron chi connectivity index (χ0n) is 18.1. The van der Waals surface area contributed by atoms with Crippen LogP contribution in [0.15, 0.2) is 65.6 Å². The van der Waals surface area contributed by atoms with Crippen molar-refractivity contribution < 1.29 is 14.0 Å². The molecule has 1 N–H and O–H groups in total. The molecule has 0 bridgehead atoms. The van der Waals surface area contributed by atoms with Gasteiger partial charge in [0.2, 0.25) is 11.8 Å². The average molecular weight is 486 g/mol. The van der Waals surface area contributed by atoms with Gasteiger partial charge >= 0.3 is 0 Å². The van der Waals surface area contributed by atoms with Crippen molar-refractivity contribution in [2.24, 2.45) is 0 Å². The molecule has 1 saturated heterocycles. The number of thioether (sulfide) groups is 1. The number of carbonyl (C=O) groups is 2. The minimum atomic E-state index is -0.341. The largest absolute Gasteiger partial charge is 0.341 e. The molecule has 0 aromatic heterocycles. The monoisotopic (exact) mass is 485 g/mol. The van der Waals surface area contributed by atoms with E-state index in [9.17, 15) is 14.0 Å². The highest BCUT2D eigenvalue weighted by Crippen LogP contribution is 2.33. The van der Waals surface area contributed by atoms with Crippen LogP contribution in [0.1, 0.15) is 6.42 Å². The van der Waals surface area contributed by atoms with E-state index in [1.165, 1.54) is 36.0 Å². The lowest BCUT2D eigenvalue weighted by Crippen LogP contribution is -2.38. The fourth-order valence-electron chi connectivity index (χ4n) is 3.93. The summed E-state index contributed by atoms with van der Waals surface area (Å²) in [4.78, 5) is 30.2. The van der Waals surface area contributed by atoms with Gasteiger partial charge in [0, 0.05) is 47.2 Å². The summed E-state index contributed by atoms with van der Waals surface area (Å²) in [5.41, 5.74) is 0.568. The fraction of sp³-hybridized carbons (Fsp3) is 0.280. The van der Waals surface area contributed by atoms with Gasteiger partial charge in [-0.3, -0.25) is 14.5 Å². The number of halogens is 2. The van der Waals surface area contributed by atoms with Crippen LogP contribution in [0.5, 0.6) is 0 Å². The standard InChI is InChI=1S/C25H25ClFN3O2S/c26-21-6-1-4-18-5-2-7-22(25(18)21)33-17-24(32)30-13-3-12-29(14-15-30)16-23(31)28-20-10-8-19(27)9-11-20/h1-2,4-11H,3,12-17H2,(H,28,31). The maximum Gasteiger partial charge on any atom is 0.238 e. The summed E-state index contributed by atoms with van der Waals surface area (Å²) in [7, 11) is 0. The van der Waals surface area contributed by atoms with E-state index in [0.717, 1.165) is 28.6 Å². The minimum absolute atomic E-state index is 0.0849. The van der Waals surface area contributed by atoms with Crippen molar-refractivity contribution in [3.8, 4) is 0 Å². The van der Waals surface area contributed by atoms with Crippen LogP contribution < -0.4 is 5.32 Å². The summed E-state index contributed by atoms with van der Waals surface area (Å²) in [6.07, 6.45) is 0.806. The number of hydrogen-bond acceptors (Lipinski definition) is 4. The maximum atomic E-state index is 13.0. The predicted molar refractivity (Wildman–Crippen MR) is 132 cm³/mol. The highest BCUT2D eigenvalue weighted by atomic mass is 35.5. The van der Waals surface area contributed by atoms with E-state index >= 15 is 0 Å². The molecule has 0 radical (unpaired) electrons. The summed E-state index contributed by atoms with van der Waals surface area (Å²) in [5, 5.41) is 5.51. The maximum absolute atomic E-state index is 13.0. The molecular formula is C25H25ClFN3O2S. The number of hydrogen-bond donors (Lipinski definition) is 1. The van der Waals surface area contributed by atoms with Crippen molar-refractivity contribution in [2.45, 2.75) is 11.3 Å². The Morgan fingerprint density at radius 2 is 1.73 bits per heavy atom. The molecule has 3 aromatic carbocycles. The van der Waals surface area contributed by atoms with Crippen LogP contribution in [-0.2, 0) is 9.59 Å². The predicted octanol–water partition coefficient (Wildman–Crippen LogP) is 4.90. The molecule has 4 rings (SSSR count). The first-order chi connectivity index (χ1) is 16.0. The molecule has 1 heterocycles. The topological polar surface area (TPSA) is 52.7 Å². The SMILES string of the molecule is O=C(CN1CCCN(C(=O)CSc2cccc3cccc(Cl)c23)CC1)Nc1ccc(F)cc1. The Morgan fingerprint density at radius 1 is 0.970 bits per heavy atom. The Labute approximate surface area is 201 Å². The molecule has 3 aromatic rings. The fourth-order valence-corrected chi connectivity index (χ4v) is 5.28. The molecule has 1 fully saturated rings. The van der Waals surface area contributed by atoms with Crippen LogP contribution in [-0.4, -0.2) is 60.1 Å². The third-order valence-corrected chi connectivity index (χ3v) is 6.96. The molecule has 33 heavy (non-hydrogen) atoms. The lowest BCUT2D eigenvalue weighted by atomic mass is 10.1. The third-order valence-electron chi connectivity index (χ3n) is 5.60. The van der Waals surface area contributed by atoms with Crippen LogP contribution in [0.2, 0.25) is 5.02 Å². The van der Waals surface area contributed by atoms with Crippen LogP contribution >= 0.6 is 23.4 Å². The third kappa shape index (κ3) is 6.25. The number of amides is 2. The Bertz CT molecular complexity index is 1140. The Morgan fingerprint density at radius 3 is 2.52 bits per heavy atom. The van der Waals surface area contributed by atoms with Crippen molar-refractivity contribution >= 4 is 51.6 Å². The molecular weight excluding hydrogens is 461 g/mol. The molecule has 0 spiro atoms. The number of rotatable bonds is 6. The number of nitrogens with zero attached hydrogens (tertiary/aromatic N) is 2. The van der Waals surface area contributed by atoms with Gasteiger partial charge in [0.1, 0.15) is 5.82 Å². The van der Waals surface area contributed by atoms with E-state index in [2.05, 4.69) is 5.32 Å². The van der Waals surface area contributed by atoms with Gasteiger partial charge in [-0.1, -0.05) is 35.9 Å². The Kier molecular flexibility index (Phi) is 7.85. The highest BCUT2D eigenvalue weighted by Gasteiger charge is 2.21. The smallest absolute Gasteiger partial charge is 0.238 e. The van der Waals surface area contributed by atoms with Crippen LogP contribution in [0.4, 0.5) is 10.1 Å². The molecule has 1 aliphatic rings. The van der Waals surface area contributed by atoms with E-state index in [1.54, 1.807) is 0 Å². The Balaban J connectivity index is 1.28. The normalized spacial score (nSPS) is 14.8. The molecule has 172 valence electrons. The summed E-state index contributed by atoms with van der Waals surface area (Å²) < 4.78 is 13.0. The lowest BCUT2D eigenvalue weighted by molar-refractivity contribution is -0.128. The van der Waals surface area contributed by atoms with Gasteiger partial charge in [-0.05, 0) is 48.2 Å². The second-order valence-corrected chi connectivity index (χ2v) is 9.37. The molecule has 0 atom stereocenters. The van der Waals surface area contributed by atoms with Gasteiger partial charge in [0.05, 0.1) is 12.3 Å². The van der Waals surface area contributed by atoms with E-state index in [-0.39, 0.29) is 24.2 Å². The molecule has 0 aliphatic carbocycles. The van der Waals surface area contributed by atoms with Crippen molar-refractivity contribution in [2.75, 3.05) is 43.8 Å². The number of carbonyl (C=O) groups excluding carboxylic acids is 2. The first-order valence-corrected chi connectivity index (χ1v) is 12.2. The van der Waals surface area contributed by atoms with Crippen LogP contribution in [0, 0.1) is 5.82 Å². The lowest BCUT2D eigenvalue weighted by Gasteiger charge is -2.22. The molecule has 2 amide bonds. The van der Waals surface area contributed by atoms with Crippen molar-refractivity contribution in [1.29, 1.82) is 0 Å². The van der Waals surface area contributed by atoms with Crippen molar-refractivity contribution in [1.82, 2.24) is 9.80 Å². The highest BCUT2D eigenvalue weighted by molar-refractivity contribution is 8.00. The first-order valence-electron chi connectivity index (χ1n) is 10.9. The summed E-state index contributed by atoms with van der Waals surface area (Å²) in [6.45, 7) is 2.87.